The van der Waals surface area contributed by atoms with E-state index in [9.17, 15) is 0 Å². The first-order chi connectivity index (χ1) is 8.68. The van der Waals surface area contributed by atoms with Gasteiger partial charge in [0.05, 0.1) is 0 Å². The Morgan fingerprint density at radius 1 is 1.06 bits per heavy atom. The number of nitrogen functional groups attached to an aromatic ring is 1. The first-order valence-electron chi connectivity index (χ1n) is 6.95. The van der Waals surface area contributed by atoms with Crippen LogP contribution in [0, 0.1) is 0 Å². The molecule has 0 aromatic heterocycles. The van der Waals surface area contributed by atoms with Crippen molar-refractivity contribution in [3.63, 3.8) is 0 Å². The number of rotatable bonds is 3. The van der Waals surface area contributed by atoms with Crippen LogP contribution in [-0.2, 0) is 5.41 Å². The van der Waals surface area contributed by atoms with Gasteiger partial charge < -0.3 is 10.6 Å². The fourth-order valence-electron chi connectivity index (χ4n) is 2.96. The fraction of sp³-hybridized carbons (Fsp3) is 0.600. The van der Waals surface area contributed by atoms with Crippen LogP contribution in [0.25, 0.3) is 0 Å². The van der Waals surface area contributed by atoms with Crippen LogP contribution in [0.2, 0.25) is 0 Å². The minimum Gasteiger partial charge on any atom is -0.399 e. The van der Waals surface area contributed by atoms with E-state index >= 15 is 0 Å². The molecule has 3 nitrogen and oxygen atoms in total. The van der Waals surface area contributed by atoms with Crippen LogP contribution in [0.1, 0.15) is 18.4 Å². The third-order valence-electron chi connectivity index (χ3n) is 4.50. The molecule has 3 heteroatoms. The molecule has 0 amide bonds. The molecule has 1 heterocycles. The molecule has 2 fully saturated rings. The highest BCUT2D eigenvalue weighted by Crippen LogP contribution is 2.48. The molecule has 1 aromatic carbocycles. The molecule has 0 spiro atoms. The van der Waals surface area contributed by atoms with E-state index in [-0.39, 0.29) is 0 Å². The summed E-state index contributed by atoms with van der Waals surface area (Å²) in [4.78, 5) is 5.04. The lowest BCUT2D eigenvalue weighted by Gasteiger charge is -2.35. The maximum absolute atomic E-state index is 5.77. The summed E-state index contributed by atoms with van der Waals surface area (Å²) >= 11 is 0. The van der Waals surface area contributed by atoms with Crippen molar-refractivity contribution in [1.29, 1.82) is 0 Å². The Morgan fingerprint density at radius 2 is 1.67 bits per heavy atom. The topological polar surface area (TPSA) is 32.5 Å². The van der Waals surface area contributed by atoms with Gasteiger partial charge in [-0.2, -0.15) is 0 Å². The lowest BCUT2D eigenvalue weighted by atomic mass is 9.95. The van der Waals surface area contributed by atoms with E-state index in [1.807, 2.05) is 12.1 Å². The molecule has 2 aliphatic rings. The monoisotopic (exact) mass is 245 g/mol. The molecule has 1 aromatic rings. The van der Waals surface area contributed by atoms with Crippen molar-refractivity contribution in [2.75, 3.05) is 45.5 Å². The van der Waals surface area contributed by atoms with Crippen LogP contribution in [0.15, 0.2) is 24.3 Å². The van der Waals surface area contributed by atoms with Gasteiger partial charge in [0.1, 0.15) is 0 Å². The first-order valence-corrected chi connectivity index (χ1v) is 6.95. The number of piperazine rings is 1. The zero-order chi connectivity index (χ0) is 12.6. The molecule has 0 bridgehead atoms. The van der Waals surface area contributed by atoms with Crippen molar-refractivity contribution in [3.8, 4) is 0 Å². The Labute approximate surface area is 110 Å². The molecule has 2 N–H and O–H groups in total. The van der Waals surface area contributed by atoms with E-state index in [0.717, 1.165) is 5.69 Å². The summed E-state index contributed by atoms with van der Waals surface area (Å²) in [7, 11) is 2.21. The highest BCUT2D eigenvalue weighted by molar-refractivity contribution is 5.43. The number of nitrogens with two attached hydrogens (primary N) is 1. The summed E-state index contributed by atoms with van der Waals surface area (Å²) in [5.74, 6) is 0. The Balaban J connectivity index is 1.66. The second-order valence-corrected chi connectivity index (χ2v) is 5.98. The predicted molar refractivity (Wildman–Crippen MR) is 75.7 cm³/mol. The molecule has 1 saturated carbocycles. The SMILES string of the molecule is CN1CCN(CC2(c3ccc(N)cc3)CC2)CC1. The second-order valence-electron chi connectivity index (χ2n) is 5.98. The third-order valence-corrected chi connectivity index (χ3v) is 4.50. The van der Waals surface area contributed by atoms with Crippen LogP contribution >= 0.6 is 0 Å². The maximum atomic E-state index is 5.77. The second kappa shape index (κ2) is 4.56. The van der Waals surface area contributed by atoms with Crippen LogP contribution in [0.3, 0.4) is 0 Å². The number of anilines is 1. The Morgan fingerprint density at radius 3 is 2.22 bits per heavy atom. The third kappa shape index (κ3) is 2.38. The number of hydrogen-bond donors (Lipinski definition) is 1. The lowest BCUT2D eigenvalue weighted by molar-refractivity contribution is 0.143. The summed E-state index contributed by atoms with van der Waals surface area (Å²) in [5, 5.41) is 0. The van der Waals surface area contributed by atoms with Gasteiger partial charge in [0, 0.05) is 43.8 Å². The minimum absolute atomic E-state index is 0.434. The van der Waals surface area contributed by atoms with E-state index < -0.39 is 0 Å². The maximum Gasteiger partial charge on any atom is 0.0314 e. The molecule has 1 aliphatic heterocycles. The Bertz CT molecular complexity index is 400. The van der Waals surface area contributed by atoms with Crippen molar-refractivity contribution in [2.24, 2.45) is 0 Å². The van der Waals surface area contributed by atoms with Gasteiger partial charge in [-0.05, 0) is 37.6 Å². The molecular weight excluding hydrogens is 222 g/mol. The van der Waals surface area contributed by atoms with E-state index in [0.29, 0.717) is 5.41 Å². The Kier molecular flexibility index (Phi) is 3.04. The summed E-state index contributed by atoms with van der Waals surface area (Å²) in [6.45, 7) is 6.07. The van der Waals surface area contributed by atoms with Crippen molar-refractivity contribution in [2.45, 2.75) is 18.3 Å². The van der Waals surface area contributed by atoms with E-state index in [2.05, 4.69) is 29.0 Å². The molecular formula is C15H23N3. The zero-order valence-electron chi connectivity index (χ0n) is 11.2. The fourth-order valence-corrected chi connectivity index (χ4v) is 2.96. The highest BCUT2D eigenvalue weighted by Gasteiger charge is 2.45. The molecule has 0 atom stereocenters. The van der Waals surface area contributed by atoms with Crippen LogP contribution < -0.4 is 5.73 Å². The van der Waals surface area contributed by atoms with Crippen molar-refractivity contribution in [3.05, 3.63) is 29.8 Å². The quantitative estimate of drug-likeness (QED) is 0.820. The van der Waals surface area contributed by atoms with Crippen molar-refractivity contribution >= 4 is 5.69 Å². The van der Waals surface area contributed by atoms with Crippen molar-refractivity contribution in [1.82, 2.24) is 9.80 Å². The lowest BCUT2D eigenvalue weighted by Crippen LogP contribution is -2.47. The van der Waals surface area contributed by atoms with Gasteiger partial charge in [-0.25, -0.2) is 0 Å². The van der Waals surface area contributed by atoms with Gasteiger partial charge in [-0.1, -0.05) is 12.1 Å². The van der Waals surface area contributed by atoms with E-state index in [4.69, 9.17) is 5.73 Å². The molecule has 1 saturated heterocycles. The predicted octanol–water partition coefficient (Wildman–Crippen LogP) is 1.55. The van der Waals surface area contributed by atoms with Crippen LogP contribution in [0.4, 0.5) is 5.69 Å². The summed E-state index contributed by atoms with van der Waals surface area (Å²) in [5.41, 5.74) is 8.56. The van der Waals surface area contributed by atoms with Crippen LogP contribution in [0.5, 0.6) is 0 Å². The van der Waals surface area contributed by atoms with Gasteiger partial charge in [-0.3, -0.25) is 4.90 Å². The molecule has 18 heavy (non-hydrogen) atoms. The van der Waals surface area contributed by atoms with Gasteiger partial charge >= 0.3 is 0 Å². The van der Waals surface area contributed by atoms with E-state index in [1.54, 1.807) is 0 Å². The summed E-state index contributed by atoms with van der Waals surface area (Å²) in [6, 6.07) is 8.52. The Hall–Kier alpha value is -1.06. The summed E-state index contributed by atoms with van der Waals surface area (Å²) < 4.78 is 0. The molecule has 3 rings (SSSR count). The van der Waals surface area contributed by atoms with Gasteiger partial charge in [0.15, 0.2) is 0 Å². The average molecular weight is 245 g/mol. The standard InChI is InChI=1S/C15H23N3/c1-17-8-10-18(11-9-17)12-15(6-7-15)13-2-4-14(16)5-3-13/h2-5H,6-12,16H2,1H3. The number of likely N-dealkylation sites (N-methyl/N-ethyl adjacent to an activating group) is 1. The minimum atomic E-state index is 0.434. The molecule has 0 unspecified atom stereocenters. The van der Waals surface area contributed by atoms with E-state index in [1.165, 1.54) is 51.1 Å². The molecule has 0 radical (unpaired) electrons. The first kappa shape index (κ1) is 12.0. The highest BCUT2D eigenvalue weighted by atomic mass is 15.2. The number of nitrogens with zero attached hydrogens (tertiary/aromatic N) is 2. The zero-order valence-corrected chi connectivity index (χ0v) is 11.2. The van der Waals surface area contributed by atoms with Crippen LogP contribution in [-0.4, -0.2) is 49.6 Å². The largest absolute Gasteiger partial charge is 0.399 e. The average Bonchev–Trinajstić information content (AvgIpc) is 3.14. The van der Waals surface area contributed by atoms with Gasteiger partial charge in [0.25, 0.3) is 0 Å². The molecule has 1 aliphatic carbocycles. The molecule has 98 valence electrons. The smallest absolute Gasteiger partial charge is 0.0314 e. The number of benzene rings is 1. The van der Waals surface area contributed by atoms with Gasteiger partial charge in [0.2, 0.25) is 0 Å². The van der Waals surface area contributed by atoms with Gasteiger partial charge in [-0.15, -0.1) is 0 Å². The van der Waals surface area contributed by atoms with Crippen molar-refractivity contribution < 1.29 is 0 Å². The summed E-state index contributed by atoms with van der Waals surface area (Å²) in [6.07, 6.45) is 2.67. The number of hydrogen-bond acceptors (Lipinski definition) is 3. The normalized spacial score (nSPS) is 24.1.